The van der Waals surface area contributed by atoms with Gasteiger partial charge in [-0.1, -0.05) is 6.07 Å². The quantitative estimate of drug-likeness (QED) is 0.644. The lowest BCUT2D eigenvalue weighted by Gasteiger charge is -2.14. The molecule has 27 heavy (non-hydrogen) atoms. The van der Waals surface area contributed by atoms with Gasteiger partial charge in [-0.15, -0.1) is 11.3 Å². The van der Waals surface area contributed by atoms with Gasteiger partial charge in [-0.05, 0) is 37.6 Å². The number of hydrogen-bond donors (Lipinski definition) is 1. The lowest BCUT2D eigenvalue weighted by atomic mass is 10.1. The molecule has 0 saturated carbocycles. The van der Waals surface area contributed by atoms with Crippen molar-refractivity contribution in [1.82, 2.24) is 0 Å². The summed E-state index contributed by atoms with van der Waals surface area (Å²) in [6.45, 7) is 3.65. The fourth-order valence-corrected chi connectivity index (χ4v) is 3.93. The first-order chi connectivity index (χ1) is 12.8. The van der Waals surface area contributed by atoms with E-state index in [-0.39, 0.29) is 30.2 Å². The van der Waals surface area contributed by atoms with Crippen LogP contribution < -0.4 is 10.2 Å². The van der Waals surface area contributed by atoms with E-state index in [0.29, 0.717) is 16.3 Å². The highest BCUT2D eigenvalue weighted by Gasteiger charge is 2.30. The Morgan fingerprint density at radius 2 is 1.81 bits per heavy atom. The number of carbonyl (C=O) groups is 4. The van der Waals surface area contributed by atoms with Crippen LogP contribution in [-0.2, 0) is 14.3 Å². The molecule has 0 spiro atoms. The normalized spacial score (nSPS) is 13.8. The fourth-order valence-electron chi connectivity index (χ4n) is 2.89. The number of imide groups is 1. The number of carbonyl (C=O) groups excluding carboxylic acids is 4. The van der Waals surface area contributed by atoms with Crippen molar-refractivity contribution in [3.63, 3.8) is 0 Å². The van der Waals surface area contributed by atoms with Crippen LogP contribution in [-0.4, -0.2) is 30.8 Å². The first-order valence-corrected chi connectivity index (χ1v) is 9.10. The van der Waals surface area contributed by atoms with E-state index in [1.807, 2.05) is 6.92 Å². The molecule has 1 N–H and O–H groups in total. The number of methoxy groups -OCH3 is 1. The summed E-state index contributed by atoms with van der Waals surface area (Å²) < 4.78 is 4.80. The van der Waals surface area contributed by atoms with Crippen molar-refractivity contribution >= 4 is 45.7 Å². The number of esters is 1. The van der Waals surface area contributed by atoms with Crippen LogP contribution in [0.5, 0.6) is 0 Å². The molecule has 2 aromatic rings. The van der Waals surface area contributed by atoms with Gasteiger partial charge in [0.1, 0.15) is 5.00 Å². The second-order valence-electron chi connectivity index (χ2n) is 6.11. The Kier molecular flexibility index (Phi) is 5.09. The van der Waals surface area contributed by atoms with Gasteiger partial charge in [-0.3, -0.25) is 19.3 Å². The van der Waals surface area contributed by atoms with Crippen molar-refractivity contribution in [2.24, 2.45) is 0 Å². The fraction of sp³-hybridized carbons (Fsp3) is 0.263. The highest BCUT2D eigenvalue weighted by molar-refractivity contribution is 7.16. The summed E-state index contributed by atoms with van der Waals surface area (Å²) in [4.78, 5) is 50.5. The molecule has 0 radical (unpaired) electrons. The maximum Gasteiger partial charge on any atom is 0.341 e. The van der Waals surface area contributed by atoms with Crippen LogP contribution in [0.15, 0.2) is 24.3 Å². The summed E-state index contributed by atoms with van der Waals surface area (Å²) in [6.07, 6.45) is 0.344. The maximum atomic E-state index is 12.7. The summed E-state index contributed by atoms with van der Waals surface area (Å²) in [5, 5.41) is 3.14. The molecule has 1 aliphatic rings. The number of aryl methyl sites for hydroxylation is 1. The van der Waals surface area contributed by atoms with E-state index in [1.165, 1.54) is 24.5 Å². The number of nitrogens with zero attached hydrogens (tertiary/aromatic N) is 1. The average Bonchev–Trinajstić information content (AvgIpc) is 3.13. The van der Waals surface area contributed by atoms with Crippen molar-refractivity contribution in [3.05, 3.63) is 45.8 Å². The topological polar surface area (TPSA) is 92.8 Å². The van der Waals surface area contributed by atoms with Gasteiger partial charge in [0, 0.05) is 23.3 Å². The molecule has 1 fully saturated rings. The number of anilines is 2. The zero-order valence-corrected chi connectivity index (χ0v) is 15.9. The Balaban J connectivity index is 1.89. The molecule has 0 aliphatic carbocycles. The van der Waals surface area contributed by atoms with Gasteiger partial charge in [-0.25, -0.2) is 4.79 Å². The number of benzene rings is 1. The van der Waals surface area contributed by atoms with Crippen molar-refractivity contribution in [1.29, 1.82) is 0 Å². The molecule has 1 aliphatic heterocycles. The molecule has 3 rings (SSSR count). The molecule has 0 bridgehead atoms. The summed E-state index contributed by atoms with van der Waals surface area (Å²) in [5.74, 6) is -1.53. The Morgan fingerprint density at radius 1 is 1.15 bits per heavy atom. The van der Waals surface area contributed by atoms with Gasteiger partial charge >= 0.3 is 5.97 Å². The van der Waals surface area contributed by atoms with Gasteiger partial charge in [0.05, 0.1) is 18.4 Å². The van der Waals surface area contributed by atoms with Crippen LogP contribution >= 0.6 is 11.3 Å². The average molecular weight is 386 g/mol. The van der Waals surface area contributed by atoms with E-state index in [9.17, 15) is 19.2 Å². The standard InChI is InChI=1S/C19H18N2O5S/c1-10-11(2)27-18(16(10)19(25)26-3)20-17(24)12-5-4-6-13(9-12)21-14(22)7-8-15(21)23/h4-6,9H,7-8H2,1-3H3,(H,20,24). The Morgan fingerprint density at radius 3 is 2.44 bits per heavy atom. The minimum atomic E-state index is -0.519. The number of thiophene rings is 1. The molecular formula is C19H18N2O5S. The molecule has 0 atom stereocenters. The van der Waals surface area contributed by atoms with Crippen LogP contribution in [0, 0.1) is 13.8 Å². The molecule has 0 unspecified atom stereocenters. The van der Waals surface area contributed by atoms with Gasteiger partial charge in [-0.2, -0.15) is 0 Å². The monoisotopic (exact) mass is 386 g/mol. The van der Waals surface area contributed by atoms with Crippen molar-refractivity contribution in [2.45, 2.75) is 26.7 Å². The third-order valence-corrected chi connectivity index (χ3v) is 5.54. The zero-order chi connectivity index (χ0) is 19.7. The molecule has 1 saturated heterocycles. The van der Waals surface area contributed by atoms with Crippen LogP contribution in [0.2, 0.25) is 0 Å². The second kappa shape index (κ2) is 7.32. The molecule has 140 valence electrons. The molecule has 1 aromatic heterocycles. The lowest BCUT2D eigenvalue weighted by molar-refractivity contribution is -0.121. The molecule has 7 nitrogen and oxygen atoms in total. The third kappa shape index (κ3) is 3.48. The van der Waals surface area contributed by atoms with E-state index >= 15 is 0 Å². The van der Waals surface area contributed by atoms with E-state index in [0.717, 1.165) is 15.3 Å². The van der Waals surface area contributed by atoms with Crippen molar-refractivity contribution < 1.29 is 23.9 Å². The number of amides is 3. The van der Waals surface area contributed by atoms with Crippen LogP contribution in [0.3, 0.4) is 0 Å². The van der Waals surface area contributed by atoms with Gasteiger partial charge in [0.15, 0.2) is 0 Å². The Bertz CT molecular complexity index is 947. The molecular weight excluding hydrogens is 368 g/mol. The number of ether oxygens (including phenoxy) is 1. The van der Waals surface area contributed by atoms with Gasteiger partial charge in [0.2, 0.25) is 11.8 Å². The van der Waals surface area contributed by atoms with Crippen molar-refractivity contribution in [2.75, 3.05) is 17.3 Å². The zero-order valence-electron chi connectivity index (χ0n) is 15.1. The summed E-state index contributed by atoms with van der Waals surface area (Å²) in [6, 6.07) is 6.28. The Hall–Kier alpha value is -3.00. The largest absolute Gasteiger partial charge is 0.465 e. The summed E-state index contributed by atoms with van der Waals surface area (Å²) in [5.41, 5.74) is 1.72. The molecule has 2 heterocycles. The minimum Gasteiger partial charge on any atom is -0.465 e. The van der Waals surface area contributed by atoms with Crippen LogP contribution in [0.1, 0.15) is 44.0 Å². The third-order valence-electron chi connectivity index (χ3n) is 4.42. The predicted octanol–water partition coefficient (Wildman–Crippen LogP) is 3.06. The highest BCUT2D eigenvalue weighted by Crippen LogP contribution is 2.33. The Labute approximate surface area is 159 Å². The number of hydrogen-bond acceptors (Lipinski definition) is 6. The minimum absolute atomic E-state index is 0.172. The highest BCUT2D eigenvalue weighted by atomic mass is 32.1. The smallest absolute Gasteiger partial charge is 0.341 e. The van der Waals surface area contributed by atoms with Crippen molar-refractivity contribution in [3.8, 4) is 0 Å². The maximum absolute atomic E-state index is 12.7. The summed E-state index contributed by atoms with van der Waals surface area (Å²) >= 11 is 1.29. The van der Waals surface area contributed by atoms with Gasteiger partial charge in [0.25, 0.3) is 5.91 Å². The van der Waals surface area contributed by atoms with E-state index < -0.39 is 11.9 Å². The predicted molar refractivity (Wildman–Crippen MR) is 101 cm³/mol. The van der Waals surface area contributed by atoms with Gasteiger partial charge < -0.3 is 10.1 Å². The van der Waals surface area contributed by atoms with Crippen LogP contribution in [0.4, 0.5) is 10.7 Å². The first-order valence-electron chi connectivity index (χ1n) is 8.29. The number of nitrogens with one attached hydrogen (secondary N) is 1. The van der Waals surface area contributed by atoms with E-state index in [2.05, 4.69) is 5.32 Å². The number of rotatable bonds is 4. The second-order valence-corrected chi connectivity index (χ2v) is 7.33. The summed E-state index contributed by atoms with van der Waals surface area (Å²) in [7, 11) is 1.29. The molecule has 3 amide bonds. The van der Waals surface area contributed by atoms with Crippen LogP contribution in [0.25, 0.3) is 0 Å². The van der Waals surface area contributed by atoms with E-state index in [1.54, 1.807) is 25.1 Å². The molecule has 1 aromatic carbocycles. The lowest BCUT2D eigenvalue weighted by Crippen LogP contribution is -2.28. The van der Waals surface area contributed by atoms with E-state index in [4.69, 9.17) is 4.74 Å². The SMILES string of the molecule is COC(=O)c1c(NC(=O)c2cccc(N3C(=O)CCC3=O)c2)sc(C)c1C. The first kappa shape index (κ1) is 18.8. The molecule has 8 heteroatoms.